The minimum atomic E-state index is -5.42. The maximum atomic E-state index is 14.1. The quantitative estimate of drug-likeness (QED) is 0.273. The number of carbonyl (C=O) groups is 2. The molecule has 4 rings (SSSR count). The number of rotatable bonds is 5. The van der Waals surface area contributed by atoms with Crippen molar-refractivity contribution in [1.29, 1.82) is 0 Å². The highest BCUT2D eigenvalue weighted by Crippen LogP contribution is 2.29. The topological polar surface area (TPSA) is 80.3 Å². The molecular formula is C25H22F5N3O3. The number of hydrogen-bond acceptors (Lipinski definition) is 5. The zero-order chi connectivity index (χ0) is 26.0. The first-order valence-corrected chi connectivity index (χ1v) is 11.2. The van der Waals surface area contributed by atoms with E-state index < -0.39 is 41.0 Å². The van der Waals surface area contributed by atoms with E-state index in [1.165, 1.54) is 0 Å². The zero-order valence-corrected chi connectivity index (χ0v) is 19.1. The fourth-order valence-electron chi connectivity index (χ4n) is 4.26. The molecule has 1 aliphatic rings. The number of nitrogens with zero attached hydrogens (tertiary/aromatic N) is 1. The molecule has 1 saturated carbocycles. The minimum absolute atomic E-state index is 0.0705. The van der Waals surface area contributed by atoms with E-state index in [4.69, 9.17) is 0 Å². The average Bonchev–Trinajstić information content (AvgIpc) is 2.81. The summed E-state index contributed by atoms with van der Waals surface area (Å²) < 4.78 is 69.5. The summed E-state index contributed by atoms with van der Waals surface area (Å²) in [6.07, 6.45) is -3.12. The van der Waals surface area contributed by atoms with E-state index >= 15 is 0 Å². The second kappa shape index (κ2) is 10.1. The lowest BCUT2D eigenvalue weighted by molar-refractivity contribution is -0.189. The molecule has 1 heterocycles. The molecule has 0 atom stereocenters. The smallest absolute Gasteiger partial charge is 0.416 e. The molecule has 36 heavy (non-hydrogen) atoms. The molecule has 0 saturated heterocycles. The largest absolute Gasteiger partial charge is 0.491 e. The van der Waals surface area contributed by atoms with E-state index in [0.29, 0.717) is 31.7 Å². The summed E-state index contributed by atoms with van der Waals surface area (Å²) in [4.78, 5) is 28.5. The number of benzene rings is 2. The third kappa shape index (κ3) is 5.72. The number of aryl methyl sites for hydroxylation is 1. The normalized spacial score (nSPS) is 18.1. The van der Waals surface area contributed by atoms with Gasteiger partial charge in [-0.25, -0.2) is 18.6 Å². The zero-order valence-electron chi connectivity index (χ0n) is 19.1. The number of anilines is 1. The van der Waals surface area contributed by atoms with Gasteiger partial charge in [-0.05, 0) is 56.4 Å². The van der Waals surface area contributed by atoms with Crippen molar-refractivity contribution in [2.45, 2.75) is 50.9 Å². The summed E-state index contributed by atoms with van der Waals surface area (Å²) in [5, 5.41) is 7.02. The van der Waals surface area contributed by atoms with Crippen molar-refractivity contribution < 1.29 is 36.3 Å². The van der Waals surface area contributed by atoms with E-state index in [0.717, 1.165) is 22.3 Å². The van der Waals surface area contributed by atoms with Crippen molar-refractivity contribution in [2.75, 3.05) is 5.32 Å². The molecule has 0 bridgehead atoms. The molecule has 1 aromatic heterocycles. The van der Waals surface area contributed by atoms with Gasteiger partial charge in [0.25, 0.3) is 5.91 Å². The number of fused-ring (bicyclic) bond motifs is 1. The summed E-state index contributed by atoms with van der Waals surface area (Å²) in [7, 11) is 0. The summed E-state index contributed by atoms with van der Waals surface area (Å²) in [5.74, 6) is -7.10. The predicted octanol–water partition coefficient (Wildman–Crippen LogP) is 5.44. The van der Waals surface area contributed by atoms with E-state index in [9.17, 15) is 31.5 Å². The van der Waals surface area contributed by atoms with E-state index in [-0.39, 0.29) is 18.2 Å². The van der Waals surface area contributed by atoms with E-state index in [1.807, 2.05) is 37.3 Å². The molecule has 2 N–H and O–H groups in total. The van der Waals surface area contributed by atoms with E-state index in [2.05, 4.69) is 20.4 Å². The van der Waals surface area contributed by atoms with Gasteiger partial charge >= 0.3 is 12.1 Å². The molecule has 0 radical (unpaired) electrons. The van der Waals surface area contributed by atoms with Gasteiger partial charge in [-0.15, -0.1) is 0 Å². The molecule has 3 aromatic rings. The molecule has 11 heteroatoms. The molecule has 2 aromatic carbocycles. The van der Waals surface area contributed by atoms with Gasteiger partial charge in [-0.1, -0.05) is 18.2 Å². The maximum Gasteiger partial charge on any atom is 0.491 e. The minimum Gasteiger partial charge on any atom is -0.416 e. The Morgan fingerprint density at radius 3 is 2.36 bits per heavy atom. The lowest BCUT2D eigenvalue weighted by Crippen LogP contribution is -2.40. The summed E-state index contributed by atoms with van der Waals surface area (Å²) >= 11 is 0. The van der Waals surface area contributed by atoms with Gasteiger partial charge in [0, 0.05) is 23.5 Å². The summed E-state index contributed by atoms with van der Waals surface area (Å²) in [6, 6.07) is 10.2. The Kier molecular flexibility index (Phi) is 7.09. The average molecular weight is 507 g/mol. The van der Waals surface area contributed by atoms with Crippen LogP contribution in [0.2, 0.25) is 0 Å². The summed E-state index contributed by atoms with van der Waals surface area (Å²) in [6.45, 7) is 2.00. The molecule has 190 valence electrons. The number of aromatic nitrogens is 1. The molecule has 0 aliphatic heterocycles. The van der Waals surface area contributed by atoms with Gasteiger partial charge in [0.2, 0.25) is 0 Å². The van der Waals surface area contributed by atoms with Crippen molar-refractivity contribution in [3.8, 4) is 5.75 Å². The predicted molar refractivity (Wildman–Crippen MR) is 122 cm³/mol. The Morgan fingerprint density at radius 1 is 1.00 bits per heavy atom. The molecule has 6 nitrogen and oxygen atoms in total. The first kappa shape index (κ1) is 25.3. The summed E-state index contributed by atoms with van der Waals surface area (Å²) in [5.41, 5.74) is 1.11. The van der Waals surface area contributed by atoms with Gasteiger partial charge in [0.15, 0.2) is 11.6 Å². The second-order valence-electron chi connectivity index (χ2n) is 8.66. The van der Waals surface area contributed by atoms with Crippen LogP contribution in [0, 0.1) is 18.6 Å². The van der Waals surface area contributed by atoms with Crippen LogP contribution in [-0.2, 0) is 4.79 Å². The van der Waals surface area contributed by atoms with Crippen LogP contribution in [-0.4, -0.2) is 35.1 Å². The molecular weight excluding hydrogens is 485 g/mol. The maximum absolute atomic E-state index is 14.1. The number of halogens is 5. The van der Waals surface area contributed by atoms with Crippen molar-refractivity contribution in [3.05, 3.63) is 65.2 Å². The SMILES string of the molecule is Cc1cc(NC2CCC(NC(=O)c3cc(F)cc(F)c3OC(=O)C(F)(F)F)CC2)nc2ccccc12. The number of alkyl halides is 3. The number of esters is 1. The highest BCUT2D eigenvalue weighted by Gasteiger charge is 2.42. The number of carbonyl (C=O) groups excluding carboxylic acids is 2. The highest BCUT2D eigenvalue weighted by molar-refractivity contribution is 5.98. The Morgan fingerprint density at radius 2 is 1.67 bits per heavy atom. The molecule has 1 aliphatic carbocycles. The first-order valence-electron chi connectivity index (χ1n) is 11.2. The second-order valence-corrected chi connectivity index (χ2v) is 8.66. The number of nitrogens with one attached hydrogen (secondary N) is 2. The van der Waals surface area contributed by atoms with Crippen LogP contribution in [0.3, 0.4) is 0 Å². The van der Waals surface area contributed by atoms with Crippen molar-refractivity contribution in [3.63, 3.8) is 0 Å². The third-order valence-corrected chi connectivity index (χ3v) is 6.02. The molecule has 1 fully saturated rings. The first-order chi connectivity index (χ1) is 17.0. The van der Waals surface area contributed by atoms with Crippen LogP contribution >= 0.6 is 0 Å². The number of hydrogen-bond donors (Lipinski definition) is 2. The van der Waals surface area contributed by atoms with Crippen LogP contribution in [0.25, 0.3) is 10.9 Å². The van der Waals surface area contributed by atoms with Gasteiger partial charge in [-0.3, -0.25) is 4.79 Å². The van der Waals surface area contributed by atoms with Gasteiger partial charge in [0.05, 0.1) is 11.1 Å². The van der Waals surface area contributed by atoms with Gasteiger partial charge in [0.1, 0.15) is 11.6 Å². The number of pyridine rings is 1. The fourth-order valence-corrected chi connectivity index (χ4v) is 4.26. The van der Waals surface area contributed by atoms with Crippen molar-refractivity contribution in [1.82, 2.24) is 10.3 Å². The lowest BCUT2D eigenvalue weighted by Gasteiger charge is -2.30. The Hall–Kier alpha value is -3.76. The Bertz CT molecular complexity index is 1300. The van der Waals surface area contributed by atoms with Crippen LogP contribution in [0.5, 0.6) is 5.75 Å². The third-order valence-electron chi connectivity index (χ3n) is 6.02. The van der Waals surface area contributed by atoms with Crippen LogP contribution in [0.1, 0.15) is 41.6 Å². The lowest BCUT2D eigenvalue weighted by atomic mass is 9.91. The molecule has 0 unspecified atom stereocenters. The number of amides is 1. The van der Waals surface area contributed by atoms with Crippen molar-refractivity contribution in [2.24, 2.45) is 0 Å². The Labute approximate surface area is 202 Å². The van der Waals surface area contributed by atoms with Crippen LogP contribution in [0.4, 0.5) is 27.8 Å². The van der Waals surface area contributed by atoms with Crippen molar-refractivity contribution >= 4 is 28.6 Å². The number of para-hydroxylation sites is 1. The Balaban J connectivity index is 1.39. The van der Waals surface area contributed by atoms with E-state index in [1.54, 1.807) is 0 Å². The number of ether oxygens (including phenoxy) is 1. The molecule has 1 amide bonds. The van der Waals surface area contributed by atoms with Crippen LogP contribution in [0.15, 0.2) is 42.5 Å². The van der Waals surface area contributed by atoms with Gasteiger partial charge < -0.3 is 15.4 Å². The monoisotopic (exact) mass is 507 g/mol. The standard InChI is InChI=1S/C25H22F5N3O3/c1-13-10-21(33-20-5-3-2-4-17(13)20)31-15-6-8-16(9-7-15)32-23(34)18-11-14(26)12-19(27)22(18)36-24(35)25(28,29)30/h2-5,10-12,15-16H,6-9H2,1H3,(H,31,33)(H,32,34). The van der Waals surface area contributed by atoms with Crippen LogP contribution < -0.4 is 15.4 Å². The highest BCUT2D eigenvalue weighted by atomic mass is 19.4. The van der Waals surface area contributed by atoms with Gasteiger partial charge in [-0.2, -0.15) is 13.2 Å². The molecule has 0 spiro atoms. The fraction of sp³-hybridized carbons (Fsp3) is 0.320.